The minimum absolute atomic E-state index is 0. The zero-order valence-electron chi connectivity index (χ0n) is 21.9. The molecule has 6 aromatic carbocycles. The van der Waals surface area contributed by atoms with Crippen LogP contribution in [0.15, 0.2) is 133 Å². The van der Waals surface area contributed by atoms with Crippen molar-refractivity contribution in [2.45, 2.75) is 25.9 Å². The summed E-state index contributed by atoms with van der Waals surface area (Å²) in [6, 6.07) is 47.3. The molecule has 38 heavy (non-hydrogen) atoms. The van der Waals surface area contributed by atoms with Gasteiger partial charge in [-0.2, -0.15) is 0 Å². The molecule has 6 aromatic rings. The Bertz CT molecular complexity index is 1400. The zero-order chi connectivity index (χ0) is 25.2. The third kappa shape index (κ3) is 9.51. The molecule has 0 spiro atoms. The second kappa shape index (κ2) is 16.7. The van der Waals surface area contributed by atoms with E-state index in [1.54, 1.807) is 23.3 Å². The molecule has 6 rings (SSSR count). The van der Waals surface area contributed by atoms with Crippen LogP contribution in [-0.4, -0.2) is 5.43 Å². The molecule has 192 valence electrons. The van der Waals surface area contributed by atoms with Crippen molar-refractivity contribution in [1.29, 1.82) is 0 Å². The molecule has 0 bridgehead atoms. The van der Waals surface area contributed by atoms with Gasteiger partial charge in [0, 0.05) is 0 Å². The molecular formula is C34H32Cl2SiZr-2. The van der Waals surface area contributed by atoms with Crippen LogP contribution < -0.4 is 24.8 Å². The fourth-order valence-electron chi connectivity index (χ4n) is 4.37. The van der Waals surface area contributed by atoms with Gasteiger partial charge in [-0.3, -0.25) is 0 Å². The summed E-state index contributed by atoms with van der Waals surface area (Å²) in [5.74, 6) is 0. The molecule has 0 saturated heterocycles. The maximum Gasteiger partial charge on any atom is -0.0442 e. The minimum atomic E-state index is 0. The van der Waals surface area contributed by atoms with Gasteiger partial charge in [-0.05, 0) is 12.8 Å². The predicted octanol–water partition coefficient (Wildman–Crippen LogP) is 3.09. The molecule has 4 heteroatoms. The number of rotatable bonds is 4. The van der Waals surface area contributed by atoms with E-state index in [-0.39, 0.29) is 30.2 Å². The Hall–Kier alpha value is -2.22. The van der Waals surface area contributed by atoms with E-state index in [0.29, 0.717) is 0 Å². The van der Waals surface area contributed by atoms with Crippen LogP contribution in [0.3, 0.4) is 0 Å². The number of fused-ring (bicyclic) bond motifs is 2. The van der Waals surface area contributed by atoms with Crippen LogP contribution in [0.2, 0.25) is 13.1 Å². The largest absolute Gasteiger partial charge is 1.00 e. The first-order chi connectivity index (χ1) is 17.6. The van der Waals surface area contributed by atoms with Crippen LogP contribution in [0, 0.1) is 0 Å². The molecule has 0 radical (unpaired) electrons. The normalized spacial score (nSPS) is 9.79. The predicted molar refractivity (Wildman–Crippen MR) is 155 cm³/mol. The van der Waals surface area contributed by atoms with Gasteiger partial charge in [-0.15, -0.1) is 93.3 Å². The van der Waals surface area contributed by atoms with Crippen molar-refractivity contribution in [3.8, 4) is 0 Å². The van der Waals surface area contributed by atoms with Gasteiger partial charge in [0.15, 0.2) is 0 Å². The number of hydrogen-bond acceptors (Lipinski definition) is 0. The zero-order valence-corrected chi connectivity index (χ0v) is 26.8. The SMILES string of the molecule is C[Si](C)=[Zr+2].[Cl-].[Cl-].c1ccc(Cc2c[cH-]c3ccccc23)cc1.c1ccc(Cc2c[cH-]c3ccccc23)cc1. The topological polar surface area (TPSA) is 0 Å². The second-order valence-corrected chi connectivity index (χ2v) is 18.6. The van der Waals surface area contributed by atoms with Gasteiger partial charge in [0.1, 0.15) is 0 Å². The van der Waals surface area contributed by atoms with Crippen molar-refractivity contribution in [2.75, 3.05) is 0 Å². The average Bonchev–Trinajstić information content (AvgIpc) is 3.50. The molecule has 0 aromatic heterocycles. The first-order valence-corrected chi connectivity index (χ1v) is 18.6. The van der Waals surface area contributed by atoms with E-state index in [9.17, 15) is 0 Å². The van der Waals surface area contributed by atoms with E-state index in [2.05, 4.69) is 147 Å². The van der Waals surface area contributed by atoms with Crippen molar-refractivity contribution < 1.29 is 48.1 Å². The Labute approximate surface area is 255 Å². The van der Waals surface area contributed by atoms with Gasteiger partial charge in [0.25, 0.3) is 0 Å². The fourth-order valence-corrected chi connectivity index (χ4v) is 4.37. The van der Waals surface area contributed by atoms with Crippen molar-refractivity contribution in [3.05, 3.63) is 156 Å². The summed E-state index contributed by atoms with van der Waals surface area (Å²) in [6.07, 6.45) is 2.04. The first kappa shape index (κ1) is 32.0. The van der Waals surface area contributed by atoms with Crippen molar-refractivity contribution >= 4 is 27.0 Å². The molecule has 0 fully saturated rings. The molecule has 0 saturated carbocycles. The fraction of sp³-hybridized carbons (Fsp3) is 0.118. The summed E-state index contributed by atoms with van der Waals surface area (Å²) in [4.78, 5) is 0. The maximum absolute atomic E-state index is 2.31. The Morgan fingerprint density at radius 3 is 1.21 bits per heavy atom. The summed E-state index contributed by atoms with van der Waals surface area (Å²) in [5.41, 5.74) is 5.79. The monoisotopic (exact) mass is 628 g/mol. The third-order valence-electron chi connectivity index (χ3n) is 6.02. The molecule has 0 unspecified atom stereocenters. The van der Waals surface area contributed by atoms with E-state index in [1.807, 2.05) is 0 Å². The molecule has 0 heterocycles. The summed E-state index contributed by atoms with van der Waals surface area (Å²) >= 11 is 1.74. The summed E-state index contributed by atoms with van der Waals surface area (Å²) in [7, 11) is 0. The third-order valence-corrected chi connectivity index (χ3v) is 6.02. The van der Waals surface area contributed by atoms with Gasteiger partial charge in [-0.1, -0.05) is 83.9 Å². The molecule has 0 atom stereocenters. The van der Waals surface area contributed by atoms with Crippen molar-refractivity contribution in [3.63, 3.8) is 0 Å². The molecule has 0 nitrogen and oxygen atoms in total. The second-order valence-electron chi connectivity index (χ2n) is 9.22. The Kier molecular flexibility index (Phi) is 14.0. The van der Waals surface area contributed by atoms with Crippen LogP contribution in [0.25, 0.3) is 21.5 Å². The van der Waals surface area contributed by atoms with Gasteiger partial charge in [0.2, 0.25) is 0 Å². The van der Waals surface area contributed by atoms with Crippen LogP contribution in [-0.2, 0) is 36.2 Å². The van der Waals surface area contributed by atoms with Crippen LogP contribution in [0.5, 0.6) is 0 Å². The van der Waals surface area contributed by atoms with Crippen molar-refractivity contribution in [1.82, 2.24) is 0 Å². The maximum atomic E-state index is 2.31. The van der Waals surface area contributed by atoms with Crippen LogP contribution >= 0.6 is 0 Å². The van der Waals surface area contributed by atoms with Crippen LogP contribution in [0.1, 0.15) is 22.3 Å². The van der Waals surface area contributed by atoms with E-state index in [0.717, 1.165) is 12.8 Å². The molecule has 0 aliphatic heterocycles. The first-order valence-electron chi connectivity index (χ1n) is 12.5. The molecular weight excluding hydrogens is 599 g/mol. The molecule has 0 aliphatic carbocycles. The number of benzene rings is 4. The van der Waals surface area contributed by atoms with Crippen molar-refractivity contribution in [2.24, 2.45) is 0 Å². The van der Waals surface area contributed by atoms with Crippen LogP contribution in [0.4, 0.5) is 0 Å². The Balaban J connectivity index is 0.000000224. The average molecular weight is 631 g/mol. The molecule has 0 amide bonds. The summed E-state index contributed by atoms with van der Waals surface area (Å²) in [5, 5.41) is 5.44. The van der Waals surface area contributed by atoms with E-state index < -0.39 is 0 Å². The van der Waals surface area contributed by atoms with Gasteiger partial charge in [0.05, 0.1) is 0 Å². The van der Waals surface area contributed by atoms with Gasteiger partial charge >= 0.3 is 41.9 Å². The van der Waals surface area contributed by atoms with E-state index in [1.165, 1.54) is 43.8 Å². The molecule has 0 aliphatic rings. The number of halogens is 2. The standard InChI is InChI=1S/2C16H13.C2H6Si.2ClH.Zr/c2*1-2-6-13(7-3-1)12-15-11-10-14-8-4-5-9-16(14)15;1-3-2;;;/h2*1-11H,12H2;1-2H3;2*1H;/q2*-1;;;;+2/p-2. The minimum Gasteiger partial charge on any atom is -1.00 e. The quantitative estimate of drug-likeness (QED) is 0.208. The smallest absolute Gasteiger partial charge is 0.0442 e. The van der Waals surface area contributed by atoms with Gasteiger partial charge < -0.3 is 24.8 Å². The van der Waals surface area contributed by atoms with E-state index >= 15 is 0 Å². The molecule has 0 N–H and O–H groups in total. The summed E-state index contributed by atoms with van der Waals surface area (Å²) < 4.78 is 0. The summed E-state index contributed by atoms with van der Waals surface area (Å²) in [6.45, 7) is 4.62. The Morgan fingerprint density at radius 1 is 0.526 bits per heavy atom. The van der Waals surface area contributed by atoms with Gasteiger partial charge in [-0.25, -0.2) is 0 Å². The number of hydrogen-bond donors (Lipinski definition) is 0. The van der Waals surface area contributed by atoms with E-state index in [4.69, 9.17) is 0 Å². The Morgan fingerprint density at radius 2 is 0.842 bits per heavy atom.